The van der Waals surface area contributed by atoms with E-state index in [0.29, 0.717) is 5.54 Å². The van der Waals surface area contributed by atoms with Crippen molar-refractivity contribution in [2.75, 3.05) is 13.1 Å². The van der Waals surface area contributed by atoms with Crippen LogP contribution in [-0.4, -0.2) is 29.1 Å². The topological polar surface area (TPSA) is 15.3 Å². The third kappa shape index (κ3) is 2.85. The second kappa shape index (κ2) is 5.38. The summed E-state index contributed by atoms with van der Waals surface area (Å²) in [6.45, 7) is 10.5. The number of nitrogens with zero attached hydrogens (tertiary/aromatic N) is 1. The Balaban J connectivity index is 1.81. The predicted molar refractivity (Wildman–Crippen MR) is 90.3 cm³/mol. The summed E-state index contributed by atoms with van der Waals surface area (Å²) in [4.78, 5) is 4.23. The van der Waals surface area contributed by atoms with Gasteiger partial charge in [-0.1, -0.05) is 6.92 Å². The van der Waals surface area contributed by atoms with E-state index in [4.69, 9.17) is 0 Å². The first-order chi connectivity index (χ1) is 9.45. The smallest absolute Gasteiger partial charge is 0.0701 e. The van der Waals surface area contributed by atoms with Crippen molar-refractivity contribution in [2.24, 2.45) is 5.92 Å². The lowest BCUT2D eigenvalue weighted by Gasteiger charge is -2.52. The molecule has 0 aromatic carbocycles. The van der Waals surface area contributed by atoms with E-state index in [1.165, 1.54) is 27.9 Å². The van der Waals surface area contributed by atoms with Crippen LogP contribution in [0.4, 0.5) is 0 Å². The highest BCUT2D eigenvalue weighted by Crippen LogP contribution is 2.45. The van der Waals surface area contributed by atoms with Gasteiger partial charge < -0.3 is 5.32 Å². The minimum absolute atomic E-state index is 0.267. The Labute approximate surface area is 135 Å². The largest absolute Gasteiger partial charge is 0.308 e. The first-order valence-electron chi connectivity index (χ1n) is 7.69. The van der Waals surface area contributed by atoms with Crippen molar-refractivity contribution in [1.82, 2.24) is 10.2 Å². The SMILES string of the molecule is CCC1(C)CN(Cc2ccc(Br)s2)C(C)(C2CC2)CN1. The molecule has 2 heterocycles. The predicted octanol–water partition coefficient (Wildman–Crippen LogP) is 4.25. The molecule has 0 amide bonds. The highest BCUT2D eigenvalue weighted by atomic mass is 79.9. The summed E-state index contributed by atoms with van der Waals surface area (Å²) >= 11 is 5.47. The van der Waals surface area contributed by atoms with Gasteiger partial charge >= 0.3 is 0 Å². The van der Waals surface area contributed by atoms with Gasteiger partial charge in [0, 0.05) is 35.6 Å². The summed E-state index contributed by atoms with van der Waals surface area (Å²) in [6.07, 6.45) is 4.01. The number of nitrogens with one attached hydrogen (secondary N) is 1. The molecule has 4 heteroatoms. The van der Waals surface area contributed by atoms with Gasteiger partial charge in [0.25, 0.3) is 0 Å². The number of piperazine rings is 1. The minimum Gasteiger partial charge on any atom is -0.308 e. The summed E-state index contributed by atoms with van der Waals surface area (Å²) in [5.41, 5.74) is 0.605. The zero-order valence-corrected chi connectivity index (χ0v) is 15.1. The molecule has 1 aromatic rings. The highest BCUT2D eigenvalue weighted by Gasteiger charge is 2.50. The van der Waals surface area contributed by atoms with Crippen LogP contribution in [-0.2, 0) is 6.54 Å². The molecule has 20 heavy (non-hydrogen) atoms. The van der Waals surface area contributed by atoms with Crippen LogP contribution in [0.5, 0.6) is 0 Å². The lowest BCUT2D eigenvalue weighted by Crippen LogP contribution is -2.68. The van der Waals surface area contributed by atoms with Crippen LogP contribution in [0.15, 0.2) is 15.9 Å². The maximum absolute atomic E-state index is 3.83. The summed E-state index contributed by atoms with van der Waals surface area (Å²) in [5.74, 6) is 0.889. The molecule has 1 saturated heterocycles. The Morgan fingerprint density at radius 1 is 1.40 bits per heavy atom. The summed E-state index contributed by atoms with van der Waals surface area (Å²) < 4.78 is 1.24. The third-order valence-electron chi connectivity index (χ3n) is 5.35. The lowest BCUT2D eigenvalue weighted by atomic mass is 9.84. The fraction of sp³-hybridized carbons (Fsp3) is 0.750. The fourth-order valence-corrected chi connectivity index (χ4v) is 4.87. The van der Waals surface area contributed by atoms with Gasteiger partial charge in [0.2, 0.25) is 0 Å². The van der Waals surface area contributed by atoms with Gasteiger partial charge in [-0.3, -0.25) is 4.90 Å². The molecule has 0 spiro atoms. The van der Waals surface area contributed by atoms with Crippen molar-refractivity contribution in [2.45, 2.75) is 57.7 Å². The maximum Gasteiger partial charge on any atom is 0.0701 e. The maximum atomic E-state index is 3.83. The molecule has 2 fully saturated rings. The molecular formula is C16H25BrN2S. The second-order valence-electron chi connectivity index (χ2n) is 6.96. The van der Waals surface area contributed by atoms with E-state index in [1.54, 1.807) is 0 Å². The summed E-state index contributed by atoms with van der Waals surface area (Å²) in [7, 11) is 0. The van der Waals surface area contributed by atoms with Crippen molar-refractivity contribution in [3.8, 4) is 0 Å². The van der Waals surface area contributed by atoms with Gasteiger partial charge in [0.15, 0.2) is 0 Å². The van der Waals surface area contributed by atoms with Crippen molar-refractivity contribution in [3.05, 3.63) is 20.8 Å². The third-order valence-corrected chi connectivity index (χ3v) is 6.96. The van der Waals surface area contributed by atoms with Gasteiger partial charge in [-0.2, -0.15) is 0 Å². The molecule has 1 aliphatic heterocycles. The van der Waals surface area contributed by atoms with Crippen LogP contribution in [0.1, 0.15) is 44.9 Å². The number of rotatable bonds is 4. The molecule has 0 radical (unpaired) electrons. The average Bonchev–Trinajstić information content (AvgIpc) is 3.20. The molecule has 2 nitrogen and oxygen atoms in total. The molecule has 112 valence electrons. The molecule has 2 aliphatic rings. The number of hydrogen-bond donors (Lipinski definition) is 1. The Morgan fingerprint density at radius 3 is 2.70 bits per heavy atom. The van der Waals surface area contributed by atoms with Gasteiger partial charge in [-0.05, 0) is 67.1 Å². The molecule has 1 saturated carbocycles. The standard InChI is InChI=1S/C16H25BrN2S/c1-4-15(2)11-19(9-13-7-8-14(17)20-13)16(3,10-18-15)12-5-6-12/h7-8,12,18H,4-6,9-11H2,1-3H3. The number of halogens is 1. The molecule has 2 unspecified atom stereocenters. The quantitative estimate of drug-likeness (QED) is 0.867. The summed E-state index contributed by atoms with van der Waals surface area (Å²) in [6, 6.07) is 4.45. The van der Waals surface area contributed by atoms with E-state index in [1.807, 2.05) is 11.3 Å². The fourth-order valence-electron chi connectivity index (χ4n) is 3.37. The van der Waals surface area contributed by atoms with E-state index >= 15 is 0 Å². The van der Waals surface area contributed by atoms with Gasteiger partial charge in [0.1, 0.15) is 0 Å². The van der Waals surface area contributed by atoms with Crippen molar-refractivity contribution in [1.29, 1.82) is 0 Å². The van der Waals surface area contributed by atoms with Crippen LogP contribution < -0.4 is 5.32 Å². The highest BCUT2D eigenvalue weighted by molar-refractivity contribution is 9.11. The van der Waals surface area contributed by atoms with Crippen molar-refractivity contribution >= 4 is 27.3 Å². The summed E-state index contributed by atoms with van der Waals surface area (Å²) in [5, 5.41) is 3.83. The first kappa shape index (κ1) is 15.0. The van der Waals surface area contributed by atoms with Crippen LogP contribution in [0, 0.1) is 5.92 Å². The van der Waals surface area contributed by atoms with Gasteiger partial charge in [-0.15, -0.1) is 11.3 Å². The van der Waals surface area contributed by atoms with E-state index in [-0.39, 0.29) is 5.54 Å². The van der Waals surface area contributed by atoms with E-state index < -0.39 is 0 Å². The zero-order valence-electron chi connectivity index (χ0n) is 12.7. The lowest BCUT2D eigenvalue weighted by molar-refractivity contribution is -0.000620. The molecule has 3 rings (SSSR count). The Bertz CT molecular complexity index is 485. The number of hydrogen-bond acceptors (Lipinski definition) is 3. The Hall–Kier alpha value is 0.1000. The van der Waals surface area contributed by atoms with Crippen LogP contribution in [0.2, 0.25) is 0 Å². The van der Waals surface area contributed by atoms with E-state index in [0.717, 1.165) is 25.6 Å². The second-order valence-corrected chi connectivity index (χ2v) is 9.51. The van der Waals surface area contributed by atoms with E-state index in [2.05, 4.69) is 59.1 Å². The van der Waals surface area contributed by atoms with E-state index in [9.17, 15) is 0 Å². The van der Waals surface area contributed by atoms with Crippen molar-refractivity contribution in [3.63, 3.8) is 0 Å². The molecular weight excluding hydrogens is 332 g/mol. The molecule has 1 N–H and O–H groups in total. The molecule has 1 aliphatic carbocycles. The molecule has 1 aromatic heterocycles. The first-order valence-corrected chi connectivity index (χ1v) is 9.30. The number of thiophene rings is 1. The molecule has 2 atom stereocenters. The Kier molecular flexibility index (Phi) is 4.04. The van der Waals surface area contributed by atoms with Crippen LogP contribution >= 0.6 is 27.3 Å². The minimum atomic E-state index is 0.267. The van der Waals surface area contributed by atoms with Crippen molar-refractivity contribution < 1.29 is 0 Å². The monoisotopic (exact) mass is 356 g/mol. The normalized spacial score (nSPS) is 35.4. The van der Waals surface area contributed by atoms with Gasteiger partial charge in [-0.25, -0.2) is 0 Å². The molecule has 0 bridgehead atoms. The van der Waals surface area contributed by atoms with Gasteiger partial charge in [0.05, 0.1) is 3.79 Å². The Morgan fingerprint density at radius 2 is 2.15 bits per heavy atom. The van der Waals surface area contributed by atoms with Crippen LogP contribution in [0.3, 0.4) is 0 Å². The zero-order chi connectivity index (χ0) is 14.4. The average molecular weight is 357 g/mol. The van der Waals surface area contributed by atoms with Crippen LogP contribution in [0.25, 0.3) is 0 Å².